The molecule has 1 unspecified atom stereocenters. The maximum absolute atomic E-state index is 11.6. The van der Waals surface area contributed by atoms with Crippen LogP contribution in [-0.2, 0) is 4.79 Å². The minimum absolute atomic E-state index is 0.107. The first-order chi connectivity index (χ1) is 7.59. The van der Waals surface area contributed by atoms with Gasteiger partial charge in [0, 0.05) is 18.2 Å². The van der Waals surface area contributed by atoms with E-state index in [0.717, 1.165) is 12.1 Å². The molecule has 1 saturated heterocycles. The topological polar surface area (TPSA) is 57.6 Å². The summed E-state index contributed by atoms with van der Waals surface area (Å²) >= 11 is 0. The van der Waals surface area contributed by atoms with Crippen molar-refractivity contribution in [3.05, 3.63) is 29.8 Å². The first-order valence-corrected chi connectivity index (χ1v) is 5.25. The molecule has 4 heteroatoms. The van der Waals surface area contributed by atoms with Gasteiger partial charge in [0.2, 0.25) is 5.91 Å². The van der Waals surface area contributed by atoms with Gasteiger partial charge in [0.05, 0.1) is 5.56 Å². The third kappa shape index (κ3) is 1.78. The fourth-order valence-electron chi connectivity index (χ4n) is 1.99. The zero-order chi connectivity index (χ0) is 11.7. The molecule has 0 aromatic heterocycles. The number of nitrogens with zero attached hydrogens (tertiary/aromatic N) is 1. The van der Waals surface area contributed by atoms with Crippen molar-refractivity contribution in [2.24, 2.45) is 0 Å². The summed E-state index contributed by atoms with van der Waals surface area (Å²) in [5.74, 6) is -0.845. The predicted octanol–water partition coefficient (Wildman–Crippen LogP) is 1.90. The molecule has 0 aliphatic carbocycles. The van der Waals surface area contributed by atoms with Crippen LogP contribution in [0.4, 0.5) is 5.69 Å². The zero-order valence-electron chi connectivity index (χ0n) is 9.01. The quantitative estimate of drug-likeness (QED) is 0.826. The van der Waals surface area contributed by atoms with Crippen LogP contribution in [-0.4, -0.2) is 23.0 Å². The van der Waals surface area contributed by atoms with Crippen molar-refractivity contribution in [2.45, 2.75) is 25.8 Å². The van der Waals surface area contributed by atoms with Gasteiger partial charge in [0.25, 0.3) is 0 Å². The molecule has 1 amide bonds. The highest BCUT2D eigenvalue weighted by Gasteiger charge is 2.28. The lowest BCUT2D eigenvalue weighted by Crippen LogP contribution is -2.30. The number of aromatic carboxylic acids is 1. The van der Waals surface area contributed by atoms with Gasteiger partial charge in [-0.1, -0.05) is 0 Å². The molecule has 84 valence electrons. The van der Waals surface area contributed by atoms with Crippen LogP contribution in [0.15, 0.2) is 24.3 Å². The number of carbonyl (C=O) groups excluding carboxylic acids is 1. The molecule has 4 nitrogen and oxygen atoms in total. The van der Waals surface area contributed by atoms with Crippen molar-refractivity contribution >= 4 is 17.6 Å². The molecule has 1 aliphatic heterocycles. The molecule has 0 radical (unpaired) electrons. The van der Waals surface area contributed by atoms with E-state index in [-0.39, 0.29) is 17.5 Å². The first-order valence-electron chi connectivity index (χ1n) is 5.25. The number of anilines is 1. The van der Waals surface area contributed by atoms with Gasteiger partial charge in [0.15, 0.2) is 0 Å². The van der Waals surface area contributed by atoms with Gasteiger partial charge in [0.1, 0.15) is 0 Å². The van der Waals surface area contributed by atoms with Crippen LogP contribution in [0.3, 0.4) is 0 Å². The number of rotatable bonds is 2. The van der Waals surface area contributed by atoms with E-state index in [0.29, 0.717) is 6.42 Å². The van der Waals surface area contributed by atoms with E-state index < -0.39 is 5.97 Å². The molecule has 1 atom stereocenters. The minimum Gasteiger partial charge on any atom is -0.478 e. The molecular formula is C12H13NO3. The van der Waals surface area contributed by atoms with Crippen LogP contribution in [0.5, 0.6) is 0 Å². The Bertz CT molecular complexity index is 424. The normalized spacial score (nSPS) is 20.2. The average molecular weight is 219 g/mol. The number of amides is 1. The standard InChI is InChI=1S/C12H13NO3/c1-8-2-7-11(14)13(8)10-5-3-9(4-6-10)12(15)16/h3-6,8H,2,7H2,1H3,(H,15,16). The lowest BCUT2D eigenvalue weighted by atomic mass is 10.2. The van der Waals surface area contributed by atoms with E-state index in [1.54, 1.807) is 17.0 Å². The third-order valence-corrected chi connectivity index (χ3v) is 2.88. The molecule has 16 heavy (non-hydrogen) atoms. The summed E-state index contributed by atoms with van der Waals surface area (Å²) in [6.45, 7) is 2.00. The molecule has 0 bridgehead atoms. The summed E-state index contributed by atoms with van der Waals surface area (Å²) in [7, 11) is 0. The Morgan fingerprint density at radius 1 is 1.38 bits per heavy atom. The summed E-state index contributed by atoms with van der Waals surface area (Å²) in [5.41, 5.74) is 1.02. The molecule has 1 heterocycles. The van der Waals surface area contributed by atoms with Crippen LogP contribution in [0.2, 0.25) is 0 Å². The van der Waals surface area contributed by atoms with Crippen LogP contribution in [0.25, 0.3) is 0 Å². The Morgan fingerprint density at radius 2 is 2.00 bits per heavy atom. The fourth-order valence-corrected chi connectivity index (χ4v) is 1.99. The lowest BCUT2D eigenvalue weighted by Gasteiger charge is -2.21. The van der Waals surface area contributed by atoms with Crippen LogP contribution >= 0.6 is 0 Å². The van der Waals surface area contributed by atoms with Crippen molar-refractivity contribution in [1.29, 1.82) is 0 Å². The smallest absolute Gasteiger partial charge is 0.335 e. The van der Waals surface area contributed by atoms with Gasteiger partial charge in [-0.15, -0.1) is 0 Å². The van der Waals surface area contributed by atoms with E-state index in [1.165, 1.54) is 12.1 Å². The molecular weight excluding hydrogens is 206 g/mol. The Morgan fingerprint density at radius 3 is 2.44 bits per heavy atom. The highest BCUT2D eigenvalue weighted by Crippen LogP contribution is 2.26. The van der Waals surface area contributed by atoms with Gasteiger partial charge < -0.3 is 10.0 Å². The van der Waals surface area contributed by atoms with Gasteiger partial charge in [-0.05, 0) is 37.6 Å². The van der Waals surface area contributed by atoms with Crippen molar-refractivity contribution in [3.63, 3.8) is 0 Å². The molecule has 1 aromatic rings. The summed E-state index contributed by atoms with van der Waals surface area (Å²) in [4.78, 5) is 24.0. The molecule has 0 spiro atoms. The van der Waals surface area contributed by atoms with Gasteiger partial charge >= 0.3 is 5.97 Å². The van der Waals surface area contributed by atoms with E-state index in [9.17, 15) is 9.59 Å². The molecule has 0 saturated carbocycles. The monoisotopic (exact) mass is 219 g/mol. The van der Waals surface area contributed by atoms with E-state index in [4.69, 9.17) is 5.11 Å². The van der Waals surface area contributed by atoms with E-state index in [1.807, 2.05) is 6.92 Å². The number of hydrogen-bond donors (Lipinski definition) is 1. The third-order valence-electron chi connectivity index (χ3n) is 2.88. The summed E-state index contributed by atoms with van der Waals surface area (Å²) < 4.78 is 0. The number of benzene rings is 1. The largest absolute Gasteiger partial charge is 0.478 e. The molecule has 1 N–H and O–H groups in total. The highest BCUT2D eigenvalue weighted by atomic mass is 16.4. The molecule has 1 fully saturated rings. The Hall–Kier alpha value is -1.84. The summed E-state index contributed by atoms with van der Waals surface area (Å²) in [6.07, 6.45) is 1.43. The second-order valence-electron chi connectivity index (χ2n) is 4.00. The number of carbonyl (C=O) groups is 2. The van der Waals surface area contributed by atoms with Crippen LogP contribution < -0.4 is 4.90 Å². The Kier molecular flexibility index (Phi) is 2.64. The van der Waals surface area contributed by atoms with Crippen molar-refractivity contribution < 1.29 is 14.7 Å². The highest BCUT2D eigenvalue weighted by molar-refractivity contribution is 5.96. The number of hydrogen-bond acceptors (Lipinski definition) is 2. The van der Waals surface area contributed by atoms with Crippen LogP contribution in [0, 0.1) is 0 Å². The van der Waals surface area contributed by atoms with Gasteiger partial charge in [-0.2, -0.15) is 0 Å². The predicted molar refractivity (Wildman–Crippen MR) is 59.6 cm³/mol. The van der Waals surface area contributed by atoms with Crippen molar-refractivity contribution in [1.82, 2.24) is 0 Å². The molecule has 1 aromatic carbocycles. The fraction of sp³-hybridized carbons (Fsp3) is 0.333. The van der Waals surface area contributed by atoms with Crippen LogP contribution in [0.1, 0.15) is 30.1 Å². The van der Waals surface area contributed by atoms with E-state index >= 15 is 0 Å². The zero-order valence-corrected chi connectivity index (χ0v) is 9.01. The first kappa shape index (κ1) is 10.7. The maximum atomic E-state index is 11.6. The maximum Gasteiger partial charge on any atom is 0.335 e. The van der Waals surface area contributed by atoms with Gasteiger partial charge in [-0.3, -0.25) is 4.79 Å². The lowest BCUT2D eigenvalue weighted by molar-refractivity contribution is -0.117. The minimum atomic E-state index is -0.952. The summed E-state index contributed by atoms with van der Waals surface area (Å²) in [5, 5.41) is 8.76. The molecule has 2 rings (SSSR count). The number of carboxylic acid groups (broad SMARTS) is 1. The summed E-state index contributed by atoms with van der Waals surface area (Å²) in [6, 6.07) is 6.61. The SMILES string of the molecule is CC1CCC(=O)N1c1ccc(C(=O)O)cc1. The number of carboxylic acids is 1. The second kappa shape index (κ2) is 3.96. The van der Waals surface area contributed by atoms with Crippen molar-refractivity contribution in [3.8, 4) is 0 Å². The Labute approximate surface area is 93.5 Å². The Balaban J connectivity index is 2.27. The van der Waals surface area contributed by atoms with E-state index in [2.05, 4.69) is 0 Å². The van der Waals surface area contributed by atoms with Crippen molar-refractivity contribution in [2.75, 3.05) is 4.90 Å². The second-order valence-corrected chi connectivity index (χ2v) is 4.00. The molecule has 1 aliphatic rings. The average Bonchev–Trinajstić information content (AvgIpc) is 2.59. The van der Waals surface area contributed by atoms with Gasteiger partial charge in [-0.25, -0.2) is 4.79 Å².